The van der Waals surface area contributed by atoms with Gasteiger partial charge in [-0.3, -0.25) is 4.79 Å². The molecule has 0 N–H and O–H groups in total. The summed E-state index contributed by atoms with van der Waals surface area (Å²) in [6, 6.07) is 3.71. The van der Waals surface area contributed by atoms with Gasteiger partial charge in [0.05, 0.1) is 10.5 Å². The Hall–Kier alpha value is -0.800. The van der Waals surface area contributed by atoms with Crippen molar-refractivity contribution in [2.75, 3.05) is 0 Å². The summed E-state index contributed by atoms with van der Waals surface area (Å²) in [5.74, 6) is 0. The van der Waals surface area contributed by atoms with Gasteiger partial charge in [-0.1, -0.05) is 27.5 Å². The summed E-state index contributed by atoms with van der Waals surface area (Å²) in [4.78, 5) is 10.8. The molecule has 0 spiro atoms. The molecule has 0 aliphatic heterocycles. The number of aldehydes is 1. The van der Waals surface area contributed by atoms with Gasteiger partial charge in [0, 0.05) is 28.7 Å². The predicted molar refractivity (Wildman–Crippen MR) is 61.0 cm³/mol. The standard InChI is InChI=1S/C10H7BrClNO/c1-13-4-6(5-14)8-2-7(11)3-9(12)10(8)13/h2-5H,1H3. The highest BCUT2D eigenvalue weighted by Gasteiger charge is 2.09. The predicted octanol–water partition coefficient (Wildman–Crippen LogP) is 3.41. The van der Waals surface area contributed by atoms with Crippen molar-refractivity contribution in [3.8, 4) is 0 Å². The number of aromatic nitrogens is 1. The molecule has 1 heterocycles. The molecule has 1 aromatic carbocycles. The second kappa shape index (κ2) is 3.41. The van der Waals surface area contributed by atoms with Crippen LogP contribution in [-0.4, -0.2) is 10.9 Å². The van der Waals surface area contributed by atoms with E-state index in [0.717, 1.165) is 21.7 Å². The fraction of sp³-hybridized carbons (Fsp3) is 0.100. The lowest BCUT2D eigenvalue weighted by Crippen LogP contribution is -1.84. The number of hydrogen-bond donors (Lipinski definition) is 0. The van der Waals surface area contributed by atoms with E-state index < -0.39 is 0 Å². The van der Waals surface area contributed by atoms with Crippen molar-refractivity contribution in [3.63, 3.8) is 0 Å². The molecule has 4 heteroatoms. The van der Waals surface area contributed by atoms with Crippen molar-refractivity contribution in [2.45, 2.75) is 0 Å². The van der Waals surface area contributed by atoms with E-state index in [1.165, 1.54) is 0 Å². The van der Waals surface area contributed by atoms with E-state index in [2.05, 4.69) is 15.9 Å². The monoisotopic (exact) mass is 271 g/mol. The Labute approximate surface area is 94.6 Å². The van der Waals surface area contributed by atoms with Crippen LogP contribution >= 0.6 is 27.5 Å². The van der Waals surface area contributed by atoms with Gasteiger partial charge in [0.25, 0.3) is 0 Å². The SMILES string of the molecule is Cn1cc(C=O)c2cc(Br)cc(Cl)c21. The molecule has 0 aliphatic rings. The van der Waals surface area contributed by atoms with Gasteiger partial charge in [0.15, 0.2) is 6.29 Å². The summed E-state index contributed by atoms with van der Waals surface area (Å²) < 4.78 is 2.73. The van der Waals surface area contributed by atoms with Gasteiger partial charge in [-0.05, 0) is 12.1 Å². The fourth-order valence-corrected chi connectivity index (χ4v) is 2.52. The first-order chi connectivity index (χ1) is 6.63. The van der Waals surface area contributed by atoms with Crippen LogP contribution in [0.5, 0.6) is 0 Å². The van der Waals surface area contributed by atoms with Crippen molar-refractivity contribution in [3.05, 3.63) is 33.4 Å². The molecule has 0 unspecified atom stereocenters. The third-order valence-corrected chi connectivity index (χ3v) is 2.90. The number of nitrogens with zero attached hydrogens (tertiary/aromatic N) is 1. The van der Waals surface area contributed by atoms with E-state index in [4.69, 9.17) is 11.6 Å². The van der Waals surface area contributed by atoms with E-state index in [1.54, 1.807) is 6.20 Å². The number of hydrogen-bond acceptors (Lipinski definition) is 1. The number of aryl methyl sites for hydroxylation is 1. The molecule has 0 atom stereocenters. The molecule has 14 heavy (non-hydrogen) atoms. The summed E-state index contributed by atoms with van der Waals surface area (Å²) in [7, 11) is 1.87. The van der Waals surface area contributed by atoms with Crippen LogP contribution in [-0.2, 0) is 7.05 Å². The van der Waals surface area contributed by atoms with Crippen molar-refractivity contribution in [2.24, 2.45) is 7.05 Å². The number of halogens is 2. The lowest BCUT2D eigenvalue weighted by molar-refractivity contribution is 0.112. The van der Waals surface area contributed by atoms with Crippen molar-refractivity contribution < 1.29 is 4.79 Å². The van der Waals surface area contributed by atoms with Gasteiger partial charge in [0.2, 0.25) is 0 Å². The molecule has 0 radical (unpaired) electrons. The Morgan fingerprint density at radius 1 is 1.50 bits per heavy atom. The second-order valence-electron chi connectivity index (χ2n) is 3.10. The summed E-state index contributed by atoms with van der Waals surface area (Å²) >= 11 is 9.42. The van der Waals surface area contributed by atoms with Gasteiger partial charge in [-0.15, -0.1) is 0 Å². The van der Waals surface area contributed by atoms with Gasteiger partial charge in [-0.25, -0.2) is 0 Å². The zero-order valence-electron chi connectivity index (χ0n) is 7.42. The minimum Gasteiger partial charge on any atom is -0.349 e. The van der Waals surface area contributed by atoms with Crippen molar-refractivity contribution in [1.29, 1.82) is 0 Å². The van der Waals surface area contributed by atoms with E-state index >= 15 is 0 Å². The second-order valence-corrected chi connectivity index (χ2v) is 4.42. The molecule has 2 rings (SSSR count). The zero-order valence-corrected chi connectivity index (χ0v) is 9.76. The largest absolute Gasteiger partial charge is 0.349 e. The fourth-order valence-electron chi connectivity index (χ4n) is 1.58. The van der Waals surface area contributed by atoms with Crippen LogP contribution < -0.4 is 0 Å². The normalized spacial score (nSPS) is 10.8. The maximum atomic E-state index is 10.8. The average molecular weight is 273 g/mol. The molecule has 0 amide bonds. The lowest BCUT2D eigenvalue weighted by atomic mass is 10.2. The number of fused-ring (bicyclic) bond motifs is 1. The topological polar surface area (TPSA) is 22.0 Å². The van der Waals surface area contributed by atoms with Crippen LogP contribution in [0.1, 0.15) is 10.4 Å². The van der Waals surface area contributed by atoms with E-state index in [0.29, 0.717) is 10.6 Å². The molecular weight excluding hydrogens is 265 g/mol. The Kier molecular flexibility index (Phi) is 2.37. The molecular formula is C10H7BrClNO. The van der Waals surface area contributed by atoms with Crippen LogP contribution in [0.3, 0.4) is 0 Å². The van der Waals surface area contributed by atoms with Gasteiger partial charge in [-0.2, -0.15) is 0 Å². The number of rotatable bonds is 1. The summed E-state index contributed by atoms with van der Waals surface area (Å²) in [6.45, 7) is 0. The van der Waals surface area contributed by atoms with Gasteiger partial charge in [0.1, 0.15) is 0 Å². The molecule has 0 aliphatic carbocycles. The number of carbonyl (C=O) groups excluding carboxylic acids is 1. The summed E-state index contributed by atoms with van der Waals surface area (Å²) in [5, 5.41) is 1.52. The minimum atomic E-state index is 0.643. The maximum absolute atomic E-state index is 10.8. The maximum Gasteiger partial charge on any atom is 0.152 e. The van der Waals surface area contributed by atoms with E-state index in [9.17, 15) is 4.79 Å². The molecule has 2 aromatic rings. The van der Waals surface area contributed by atoms with Crippen LogP contribution in [0.4, 0.5) is 0 Å². The third kappa shape index (κ3) is 1.37. The number of carbonyl (C=O) groups is 1. The number of benzene rings is 1. The molecule has 1 aromatic heterocycles. The first-order valence-electron chi connectivity index (χ1n) is 4.02. The Bertz CT molecular complexity index is 518. The van der Waals surface area contributed by atoms with Crippen molar-refractivity contribution in [1.82, 2.24) is 4.57 Å². The highest BCUT2D eigenvalue weighted by atomic mass is 79.9. The van der Waals surface area contributed by atoms with E-state index in [1.807, 2.05) is 23.7 Å². The summed E-state index contributed by atoms with van der Waals surface area (Å²) in [6.07, 6.45) is 2.61. The molecule has 0 saturated heterocycles. The average Bonchev–Trinajstić information content (AvgIpc) is 2.42. The highest BCUT2D eigenvalue weighted by molar-refractivity contribution is 9.10. The van der Waals surface area contributed by atoms with E-state index in [-0.39, 0.29) is 0 Å². The highest BCUT2D eigenvalue weighted by Crippen LogP contribution is 2.30. The molecule has 0 saturated carbocycles. The Balaban J connectivity index is 2.96. The molecule has 0 fully saturated rings. The van der Waals surface area contributed by atoms with Crippen LogP contribution in [0, 0.1) is 0 Å². The van der Waals surface area contributed by atoms with Gasteiger partial charge < -0.3 is 4.57 Å². The molecule has 0 bridgehead atoms. The summed E-state index contributed by atoms with van der Waals surface area (Å²) in [5.41, 5.74) is 1.54. The molecule has 2 nitrogen and oxygen atoms in total. The lowest BCUT2D eigenvalue weighted by Gasteiger charge is -1.99. The zero-order chi connectivity index (χ0) is 10.3. The minimum absolute atomic E-state index is 0.643. The van der Waals surface area contributed by atoms with Crippen LogP contribution in [0.25, 0.3) is 10.9 Å². The smallest absolute Gasteiger partial charge is 0.152 e. The van der Waals surface area contributed by atoms with Crippen LogP contribution in [0.2, 0.25) is 5.02 Å². The third-order valence-electron chi connectivity index (χ3n) is 2.15. The molecule has 72 valence electrons. The first-order valence-corrected chi connectivity index (χ1v) is 5.20. The van der Waals surface area contributed by atoms with Gasteiger partial charge >= 0.3 is 0 Å². The van der Waals surface area contributed by atoms with Crippen LogP contribution in [0.15, 0.2) is 22.8 Å². The Morgan fingerprint density at radius 3 is 2.86 bits per heavy atom. The Morgan fingerprint density at radius 2 is 2.21 bits per heavy atom. The quantitative estimate of drug-likeness (QED) is 0.729. The van der Waals surface area contributed by atoms with Crippen molar-refractivity contribution >= 4 is 44.7 Å². The first kappa shape index (κ1) is 9.74.